The Bertz CT molecular complexity index is 112. The van der Waals surface area contributed by atoms with Gasteiger partial charge in [-0.25, -0.2) is 0 Å². The van der Waals surface area contributed by atoms with Crippen molar-refractivity contribution < 1.29 is 9.53 Å². The SMILES string of the molecule is CCOC(=O)[C@H](N)C(C)C. The zero-order chi connectivity index (χ0) is 8.15. The van der Waals surface area contributed by atoms with Gasteiger partial charge in [-0.15, -0.1) is 0 Å². The molecule has 0 unspecified atom stereocenters. The van der Waals surface area contributed by atoms with E-state index in [1.807, 2.05) is 13.8 Å². The summed E-state index contributed by atoms with van der Waals surface area (Å²) in [5.41, 5.74) is 5.47. The average Bonchev–Trinajstić information content (AvgIpc) is 1.87. The van der Waals surface area contributed by atoms with E-state index >= 15 is 0 Å². The van der Waals surface area contributed by atoms with E-state index in [0.29, 0.717) is 6.61 Å². The highest BCUT2D eigenvalue weighted by Gasteiger charge is 2.17. The minimum Gasteiger partial charge on any atom is -0.465 e. The van der Waals surface area contributed by atoms with Crippen LogP contribution in [-0.4, -0.2) is 18.6 Å². The summed E-state index contributed by atoms with van der Waals surface area (Å²) in [6, 6.07) is -0.472. The van der Waals surface area contributed by atoms with Crippen LogP contribution in [-0.2, 0) is 9.53 Å². The van der Waals surface area contributed by atoms with Crippen molar-refractivity contribution >= 4 is 5.97 Å². The van der Waals surface area contributed by atoms with Crippen LogP contribution >= 0.6 is 0 Å². The van der Waals surface area contributed by atoms with Crippen molar-refractivity contribution in [2.24, 2.45) is 11.7 Å². The van der Waals surface area contributed by atoms with Gasteiger partial charge in [0.2, 0.25) is 0 Å². The molecule has 0 spiro atoms. The lowest BCUT2D eigenvalue weighted by Gasteiger charge is -2.12. The lowest BCUT2D eigenvalue weighted by molar-refractivity contribution is -0.145. The van der Waals surface area contributed by atoms with Crippen LogP contribution < -0.4 is 5.73 Å². The number of hydrogen-bond donors (Lipinski definition) is 1. The van der Waals surface area contributed by atoms with Crippen LogP contribution in [0.3, 0.4) is 0 Å². The quantitative estimate of drug-likeness (QED) is 0.589. The predicted octanol–water partition coefficient (Wildman–Crippen LogP) is 0.533. The standard InChI is InChI=1S/C7H15NO2/c1-4-10-7(9)6(8)5(2)3/h5-6H,4,8H2,1-3H3/t6-/m1/s1. The third kappa shape index (κ3) is 2.82. The zero-order valence-electron chi connectivity index (χ0n) is 6.76. The Hall–Kier alpha value is -0.570. The second-order valence-corrected chi connectivity index (χ2v) is 2.52. The van der Waals surface area contributed by atoms with Gasteiger partial charge in [-0.3, -0.25) is 4.79 Å². The van der Waals surface area contributed by atoms with Crippen LogP contribution in [0.4, 0.5) is 0 Å². The van der Waals surface area contributed by atoms with E-state index in [2.05, 4.69) is 0 Å². The Morgan fingerprint density at radius 1 is 1.60 bits per heavy atom. The highest BCUT2D eigenvalue weighted by Crippen LogP contribution is 1.99. The van der Waals surface area contributed by atoms with E-state index < -0.39 is 6.04 Å². The number of ether oxygens (including phenoxy) is 1. The van der Waals surface area contributed by atoms with Gasteiger partial charge in [-0.2, -0.15) is 0 Å². The Morgan fingerprint density at radius 3 is 2.40 bits per heavy atom. The average molecular weight is 145 g/mol. The van der Waals surface area contributed by atoms with E-state index in [9.17, 15) is 4.79 Å². The smallest absolute Gasteiger partial charge is 0.323 e. The second-order valence-electron chi connectivity index (χ2n) is 2.52. The topological polar surface area (TPSA) is 52.3 Å². The van der Waals surface area contributed by atoms with Crippen molar-refractivity contribution in [1.29, 1.82) is 0 Å². The van der Waals surface area contributed by atoms with Gasteiger partial charge in [0.25, 0.3) is 0 Å². The molecule has 0 aromatic heterocycles. The molecule has 0 aromatic carbocycles. The third-order valence-corrected chi connectivity index (χ3v) is 1.28. The fourth-order valence-corrected chi connectivity index (χ4v) is 0.511. The molecule has 0 radical (unpaired) electrons. The number of carbonyl (C=O) groups excluding carboxylic acids is 1. The van der Waals surface area contributed by atoms with Crippen LogP contribution in [0.1, 0.15) is 20.8 Å². The van der Waals surface area contributed by atoms with Gasteiger partial charge in [-0.1, -0.05) is 13.8 Å². The summed E-state index contributed by atoms with van der Waals surface area (Å²) in [7, 11) is 0. The molecule has 3 heteroatoms. The van der Waals surface area contributed by atoms with Gasteiger partial charge in [0.15, 0.2) is 0 Å². The minimum absolute atomic E-state index is 0.152. The highest BCUT2D eigenvalue weighted by atomic mass is 16.5. The van der Waals surface area contributed by atoms with Crippen molar-refractivity contribution in [1.82, 2.24) is 0 Å². The maximum absolute atomic E-state index is 10.8. The van der Waals surface area contributed by atoms with E-state index in [1.165, 1.54) is 0 Å². The molecule has 0 amide bonds. The van der Waals surface area contributed by atoms with E-state index in [4.69, 9.17) is 10.5 Å². The van der Waals surface area contributed by atoms with Crippen molar-refractivity contribution in [3.63, 3.8) is 0 Å². The minimum atomic E-state index is -0.472. The second kappa shape index (κ2) is 4.28. The van der Waals surface area contributed by atoms with Gasteiger partial charge in [-0.05, 0) is 12.8 Å². The van der Waals surface area contributed by atoms with E-state index in [1.54, 1.807) is 6.92 Å². The van der Waals surface area contributed by atoms with Gasteiger partial charge in [0, 0.05) is 0 Å². The molecule has 0 aromatic rings. The predicted molar refractivity (Wildman–Crippen MR) is 39.4 cm³/mol. The largest absolute Gasteiger partial charge is 0.465 e. The van der Waals surface area contributed by atoms with Gasteiger partial charge in [0.05, 0.1) is 6.61 Å². The van der Waals surface area contributed by atoms with Crippen molar-refractivity contribution in [2.45, 2.75) is 26.8 Å². The maximum atomic E-state index is 10.8. The van der Waals surface area contributed by atoms with Crippen molar-refractivity contribution in [3.05, 3.63) is 0 Å². The normalized spacial score (nSPS) is 13.3. The molecule has 0 aliphatic carbocycles. The molecule has 0 aliphatic heterocycles. The van der Waals surface area contributed by atoms with E-state index in [-0.39, 0.29) is 11.9 Å². The van der Waals surface area contributed by atoms with Crippen LogP contribution in [0.15, 0.2) is 0 Å². The number of nitrogens with two attached hydrogens (primary N) is 1. The van der Waals surface area contributed by atoms with Gasteiger partial charge in [0.1, 0.15) is 6.04 Å². The monoisotopic (exact) mass is 145 g/mol. The Morgan fingerprint density at radius 2 is 2.10 bits per heavy atom. The first-order valence-electron chi connectivity index (χ1n) is 3.51. The number of hydrogen-bond acceptors (Lipinski definition) is 3. The summed E-state index contributed by atoms with van der Waals surface area (Å²) in [6.45, 7) is 5.95. The van der Waals surface area contributed by atoms with Gasteiger partial charge < -0.3 is 10.5 Å². The number of carbonyl (C=O) groups is 1. The molecular weight excluding hydrogens is 130 g/mol. The Labute approximate surface area is 61.5 Å². The maximum Gasteiger partial charge on any atom is 0.323 e. The highest BCUT2D eigenvalue weighted by molar-refractivity contribution is 5.75. The zero-order valence-corrected chi connectivity index (χ0v) is 6.76. The molecule has 0 saturated carbocycles. The first-order valence-corrected chi connectivity index (χ1v) is 3.51. The van der Waals surface area contributed by atoms with Gasteiger partial charge >= 0.3 is 5.97 Å². The fraction of sp³-hybridized carbons (Fsp3) is 0.857. The van der Waals surface area contributed by atoms with Crippen LogP contribution in [0.5, 0.6) is 0 Å². The summed E-state index contributed by atoms with van der Waals surface area (Å²) in [5.74, 6) is -0.156. The number of rotatable bonds is 3. The van der Waals surface area contributed by atoms with Crippen LogP contribution in [0.25, 0.3) is 0 Å². The lowest BCUT2D eigenvalue weighted by Crippen LogP contribution is -2.36. The van der Waals surface area contributed by atoms with Crippen LogP contribution in [0, 0.1) is 5.92 Å². The molecule has 0 bridgehead atoms. The molecule has 0 aliphatic rings. The fourth-order valence-electron chi connectivity index (χ4n) is 0.511. The molecule has 0 rings (SSSR count). The molecule has 60 valence electrons. The van der Waals surface area contributed by atoms with E-state index in [0.717, 1.165) is 0 Å². The Balaban J connectivity index is 3.71. The molecular formula is C7H15NO2. The first-order chi connectivity index (χ1) is 4.59. The summed E-state index contributed by atoms with van der Waals surface area (Å²) in [4.78, 5) is 10.8. The lowest BCUT2D eigenvalue weighted by atomic mass is 10.1. The first kappa shape index (κ1) is 9.43. The van der Waals surface area contributed by atoms with Crippen molar-refractivity contribution in [3.8, 4) is 0 Å². The molecule has 1 atom stereocenters. The molecule has 2 N–H and O–H groups in total. The summed E-state index contributed by atoms with van der Waals surface area (Å²) < 4.78 is 4.70. The molecule has 0 heterocycles. The molecule has 10 heavy (non-hydrogen) atoms. The van der Waals surface area contributed by atoms with Crippen molar-refractivity contribution in [2.75, 3.05) is 6.61 Å². The van der Waals surface area contributed by atoms with Crippen LogP contribution in [0.2, 0.25) is 0 Å². The number of esters is 1. The molecule has 0 fully saturated rings. The molecule has 3 nitrogen and oxygen atoms in total. The third-order valence-electron chi connectivity index (χ3n) is 1.28. The summed E-state index contributed by atoms with van der Waals surface area (Å²) in [5, 5.41) is 0. The summed E-state index contributed by atoms with van der Waals surface area (Å²) in [6.07, 6.45) is 0. The summed E-state index contributed by atoms with van der Waals surface area (Å²) >= 11 is 0. The Kier molecular flexibility index (Phi) is 4.03. The molecule has 0 saturated heterocycles.